The van der Waals surface area contributed by atoms with E-state index >= 15 is 0 Å². The number of halogens is 2. The molecule has 0 aromatic rings. The van der Waals surface area contributed by atoms with Gasteiger partial charge >= 0.3 is 5.97 Å². The molecule has 0 aromatic carbocycles. The van der Waals surface area contributed by atoms with E-state index in [4.69, 9.17) is 9.84 Å². The van der Waals surface area contributed by atoms with Crippen LogP contribution in [0.5, 0.6) is 0 Å². The summed E-state index contributed by atoms with van der Waals surface area (Å²) in [4.78, 5) is 11.1. The molecule has 1 unspecified atom stereocenters. The molecule has 0 spiro atoms. The Kier molecular flexibility index (Phi) is 5.43. The van der Waals surface area contributed by atoms with Crippen LogP contribution in [-0.2, 0) is 9.53 Å². The number of carbonyl (C=O) groups excluding carboxylic acids is 1. The van der Waals surface area contributed by atoms with Crippen molar-refractivity contribution in [2.45, 2.75) is 45.3 Å². The number of hydrogen-bond acceptors (Lipinski definition) is 3. The molecule has 88 valence electrons. The molecule has 0 radical (unpaired) electrons. The number of hydrogen-bond donors (Lipinski definition) is 1. The summed E-state index contributed by atoms with van der Waals surface area (Å²) in [6.07, 6.45) is -2.99. The van der Waals surface area contributed by atoms with Crippen LogP contribution in [0.25, 0.3) is 0 Å². The van der Waals surface area contributed by atoms with Crippen LogP contribution in [0.3, 0.4) is 0 Å². The predicted octanol–water partition coefficient (Wildman–Crippen LogP) is 2.25. The summed E-state index contributed by atoms with van der Waals surface area (Å²) < 4.78 is 28.3. The lowest BCUT2D eigenvalue weighted by Gasteiger charge is -2.19. The molecule has 15 heavy (non-hydrogen) atoms. The average Bonchev–Trinajstić information content (AvgIpc) is 1.96. The van der Waals surface area contributed by atoms with Crippen molar-refractivity contribution in [2.24, 2.45) is 0 Å². The lowest BCUT2D eigenvalue weighted by atomic mass is 10.1. The number of aliphatic hydroxyl groups excluding tert-OH is 1. The summed E-state index contributed by atoms with van der Waals surface area (Å²) in [6.45, 7) is 5.13. The van der Waals surface area contributed by atoms with Gasteiger partial charge in [0.25, 0.3) is 6.08 Å². The normalized spacial score (nSPS) is 13.2. The molecule has 0 amide bonds. The third kappa shape index (κ3) is 9.34. The van der Waals surface area contributed by atoms with E-state index in [2.05, 4.69) is 0 Å². The van der Waals surface area contributed by atoms with Gasteiger partial charge in [-0.25, -0.2) is 0 Å². The van der Waals surface area contributed by atoms with Crippen molar-refractivity contribution in [1.29, 1.82) is 0 Å². The third-order valence-electron chi connectivity index (χ3n) is 1.38. The lowest BCUT2D eigenvalue weighted by Crippen LogP contribution is -2.24. The molecule has 0 saturated carbocycles. The second kappa shape index (κ2) is 5.80. The Balaban J connectivity index is 3.87. The summed E-state index contributed by atoms with van der Waals surface area (Å²) in [5.74, 6) is -0.505. The third-order valence-corrected chi connectivity index (χ3v) is 1.38. The van der Waals surface area contributed by atoms with Crippen molar-refractivity contribution in [2.75, 3.05) is 0 Å². The SMILES string of the molecule is CC(C)(C)OC(=O)CCC(O)C=C(F)F. The van der Waals surface area contributed by atoms with Gasteiger partial charge < -0.3 is 9.84 Å². The van der Waals surface area contributed by atoms with Crippen molar-refractivity contribution < 1.29 is 23.4 Å². The van der Waals surface area contributed by atoms with Gasteiger partial charge in [0, 0.05) is 12.5 Å². The maximum absolute atomic E-state index is 11.7. The fourth-order valence-corrected chi connectivity index (χ4v) is 0.887. The number of rotatable bonds is 4. The van der Waals surface area contributed by atoms with Crippen molar-refractivity contribution in [3.8, 4) is 0 Å². The molecule has 0 saturated heterocycles. The number of ether oxygens (including phenoxy) is 1. The zero-order chi connectivity index (χ0) is 12.1. The number of carbonyl (C=O) groups is 1. The quantitative estimate of drug-likeness (QED) is 0.742. The average molecular weight is 222 g/mol. The Morgan fingerprint density at radius 3 is 2.40 bits per heavy atom. The van der Waals surface area contributed by atoms with Crippen molar-refractivity contribution in [3.63, 3.8) is 0 Å². The summed E-state index contributed by atoms with van der Waals surface area (Å²) in [6, 6.07) is 0. The second-order valence-corrected chi connectivity index (χ2v) is 4.15. The Morgan fingerprint density at radius 2 is 2.00 bits per heavy atom. The van der Waals surface area contributed by atoms with Gasteiger partial charge in [-0.2, -0.15) is 8.78 Å². The van der Waals surface area contributed by atoms with Crippen molar-refractivity contribution in [1.82, 2.24) is 0 Å². The van der Waals surface area contributed by atoms with Crippen molar-refractivity contribution >= 4 is 5.97 Å². The number of esters is 1. The molecule has 0 aliphatic rings. The maximum Gasteiger partial charge on any atom is 0.306 e. The van der Waals surface area contributed by atoms with Gasteiger partial charge in [0.2, 0.25) is 0 Å². The van der Waals surface area contributed by atoms with Crippen molar-refractivity contribution in [3.05, 3.63) is 12.2 Å². The van der Waals surface area contributed by atoms with Gasteiger partial charge in [0.05, 0.1) is 6.10 Å². The molecule has 3 nitrogen and oxygen atoms in total. The molecule has 0 fully saturated rings. The van der Waals surface area contributed by atoms with Crippen LogP contribution in [0, 0.1) is 0 Å². The van der Waals surface area contributed by atoms with Gasteiger partial charge in [-0.15, -0.1) is 0 Å². The first-order valence-electron chi connectivity index (χ1n) is 4.63. The van der Waals surface area contributed by atoms with E-state index in [9.17, 15) is 13.6 Å². The van der Waals surface area contributed by atoms with Crippen LogP contribution >= 0.6 is 0 Å². The molecule has 1 N–H and O–H groups in total. The summed E-state index contributed by atoms with van der Waals surface area (Å²) in [5, 5.41) is 9.00. The van der Waals surface area contributed by atoms with Gasteiger partial charge in [-0.05, 0) is 27.2 Å². The van der Waals surface area contributed by atoms with Crippen LogP contribution in [0.1, 0.15) is 33.6 Å². The highest BCUT2D eigenvalue weighted by molar-refractivity contribution is 5.69. The first-order chi connectivity index (χ1) is 6.70. The molecule has 0 aromatic heterocycles. The van der Waals surface area contributed by atoms with E-state index in [-0.39, 0.29) is 12.8 Å². The van der Waals surface area contributed by atoms with Gasteiger partial charge in [-0.1, -0.05) is 0 Å². The fraction of sp³-hybridized carbons (Fsp3) is 0.700. The molecule has 0 bridgehead atoms. The largest absolute Gasteiger partial charge is 0.460 e. The predicted molar refractivity (Wildman–Crippen MR) is 51.4 cm³/mol. The summed E-state index contributed by atoms with van der Waals surface area (Å²) in [5.41, 5.74) is -0.594. The van der Waals surface area contributed by atoms with E-state index in [1.54, 1.807) is 20.8 Å². The molecule has 0 aliphatic carbocycles. The van der Waals surface area contributed by atoms with Crippen LogP contribution in [0.4, 0.5) is 8.78 Å². The Hall–Kier alpha value is -0.970. The first kappa shape index (κ1) is 14.0. The molecule has 1 atom stereocenters. The molecule has 5 heteroatoms. The first-order valence-corrected chi connectivity index (χ1v) is 4.63. The second-order valence-electron chi connectivity index (χ2n) is 4.15. The Morgan fingerprint density at radius 1 is 1.47 bits per heavy atom. The maximum atomic E-state index is 11.7. The van der Waals surface area contributed by atoms with E-state index in [1.165, 1.54) is 0 Å². The van der Waals surface area contributed by atoms with Crippen LogP contribution in [-0.4, -0.2) is 22.8 Å². The van der Waals surface area contributed by atoms with Crippen LogP contribution in [0.15, 0.2) is 12.2 Å². The molecule has 0 rings (SSSR count). The van der Waals surface area contributed by atoms with Gasteiger partial charge in [-0.3, -0.25) is 4.79 Å². The molecule has 0 aliphatic heterocycles. The fourth-order valence-electron chi connectivity index (χ4n) is 0.887. The Labute approximate surface area is 87.7 Å². The minimum atomic E-state index is -1.95. The molecule has 0 heterocycles. The summed E-state index contributed by atoms with van der Waals surface area (Å²) in [7, 11) is 0. The van der Waals surface area contributed by atoms with Crippen LogP contribution < -0.4 is 0 Å². The lowest BCUT2D eigenvalue weighted by molar-refractivity contribution is -0.155. The zero-order valence-electron chi connectivity index (χ0n) is 9.09. The molecular formula is C10H16F2O3. The number of aliphatic hydroxyl groups is 1. The van der Waals surface area contributed by atoms with Gasteiger partial charge in [0.1, 0.15) is 5.60 Å². The standard InChI is InChI=1S/C10H16F2O3/c1-10(2,3)15-9(14)5-4-7(13)6-8(11)12/h6-7,13H,4-5H2,1-3H3. The highest BCUT2D eigenvalue weighted by Gasteiger charge is 2.16. The zero-order valence-corrected chi connectivity index (χ0v) is 9.09. The van der Waals surface area contributed by atoms with Crippen LogP contribution in [0.2, 0.25) is 0 Å². The van der Waals surface area contributed by atoms with E-state index in [0.717, 1.165) is 0 Å². The highest BCUT2D eigenvalue weighted by Crippen LogP contribution is 2.11. The topological polar surface area (TPSA) is 46.5 Å². The minimum absolute atomic E-state index is 0.0632. The van der Waals surface area contributed by atoms with E-state index in [0.29, 0.717) is 6.08 Å². The highest BCUT2D eigenvalue weighted by atomic mass is 19.3. The van der Waals surface area contributed by atoms with E-state index < -0.39 is 23.8 Å². The smallest absolute Gasteiger partial charge is 0.306 e. The monoisotopic (exact) mass is 222 g/mol. The summed E-state index contributed by atoms with van der Waals surface area (Å²) >= 11 is 0. The Bertz CT molecular complexity index is 240. The van der Waals surface area contributed by atoms with Gasteiger partial charge in [0.15, 0.2) is 0 Å². The minimum Gasteiger partial charge on any atom is -0.460 e. The van der Waals surface area contributed by atoms with E-state index in [1.807, 2.05) is 0 Å². The molecular weight excluding hydrogens is 206 g/mol.